The van der Waals surface area contributed by atoms with Gasteiger partial charge in [0.15, 0.2) is 10.8 Å². The van der Waals surface area contributed by atoms with Crippen molar-refractivity contribution in [1.82, 2.24) is 24.2 Å². The number of nitrogens with one attached hydrogen (secondary N) is 1. The van der Waals surface area contributed by atoms with Crippen LogP contribution in [0, 0.1) is 20.8 Å². The molecule has 1 amide bonds. The molecule has 5 aromatic rings. The number of thioether (sulfide) groups is 1. The first-order chi connectivity index (χ1) is 15.5. The highest BCUT2D eigenvalue weighted by molar-refractivity contribution is 7.99. The van der Waals surface area contributed by atoms with Crippen LogP contribution in [-0.2, 0) is 4.79 Å². The zero-order valence-electron chi connectivity index (χ0n) is 18.0. The molecule has 3 aromatic heterocycles. The molecule has 0 unspecified atom stereocenters. The Hall–Kier alpha value is -3.65. The Labute approximate surface area is 189 Å². The number of amides is 1. The normalized spacial score (nSPS) is 11.3. The Bertz CT molecular complexity index is 1470. The van der Waals surface area contributed by atoms with Crippen LogP contribution in [0.4, 0.5) is 5.69 Å². The topological polar surface area (TPSA) is 76.6 Å². The average Bonchev–Trinajstić information content (AvgIpc) is 3.37. The lowest BCUT2D eigenvalue weighted by atomic mass is 10.0. The summed E-state index contributed by atoms with van der Waals surface area (Å²) in [5.74, 6) is 0.160. The average molecular weight is 443 g/mol. The lowest BCUT2D eigenvalue weighted by molar-refractivity contribution is -0.113. The second-order valence-electron chi connectivity index (χ2n) is 7.86. The predicted octanol–water partition coefficient (Wildman–Crippen LogP) is 4.70. The fourth-order valence-electron chi connectivity index (χ4n) is 3.68. The summed E-state index contributed by atoms with van der Waals surface area (Å²) in [7, 11) is 0. The van der Waals surface area contributed by atoms with Gasteiger partial charge < -0.3 is 5.32 Å². The first-order valence-electron chi connectivity index (χ1n) is 10.3. The molecule has 8 heteroatoms. The maximum absolute atomic E-state index is 12.4. The quantitative estimate of drug-likeness (QED) is 0.399. The molecule has 0 radical (unpaired) electrons. The summed E-state index contributed by atoms with van der Waals surface area (Å²) < 4.78 is 3.72. The lowest BCUT2D eigenvalue weighted by Crippen LogP contribution is -2.14. The lowest BCUT2D eigenvalue weighted by Gasteiger charge is -2.05. The Morgan fingerprint density at radius 2 is 1.84 bits per heavy atom. The molecular weight excluding hydrogens is 420 g/mol. The maximum atomic E-state index is 12.4. The van der Waals surface area contributed by atoms with E-state index in [1.807, 2.05) is 58.6 Å². The van der Waals surface area contributed by atoms with E-state index in [9.17, 15) is 4.79 Å². The van der Waals surface area contributed by atoms with Crippen molar-refractivity contribution in [1.29, 1.82) is 0 Å². The number of rotatable bonds is 5. The van der Waals surface area contributed by atoms with Crippen molar-refractivity contribution in [3.8, 4) is 11.3 Å². The minimum atomic E-state index is -0.0833. The van der Waals surface area contributed by atoms with Gasteiger partial charge in [-0.05, 0) is 56.2 Å². The van der Waals surface area contributed by atoms with Crippen LogP contribution >= 0.6 is 11.8 Å². The van der Waals surface area contributed by atoms with E-state index in [-0.39, 0.29) is 11.7 Å². The van der Waals surface area contributed by atoms with Crippen LogP contribution in [0.5, 0.6) is 0 Å². The van der Waals surface area contributed by atoms with Gasteiger partial charge in [0, 0.05) is 23.6 Å². The van der Waals surface area contributed by atoms with Crippen LogP contribution in [0.2, 0.25) is 0 Å². The second-order valence-corrected chi connectivity index (χ2v) is 8.80. The Kier molecular flexibility index (Phi) is 5.14. The van der Waals surface area contributed by atoms with Crippen LogP contribution in [0.3, 0.4) is 0 Å². The third kappa shape index (κ3) is 3.85. The fraction of sp³-hybridized carbons (Fsp3) is 0.167. The monoisotopic (exact) mass is 442 g/mol. The third-order valence-corrected chi connectivity index (χ3v) is 6.23. The summed E-state index contributed by atoms with van der Waals surface area (Å²) >= 11 is 1.35. The molecule has 0 bridgehead atoms. The minimum absolute atomic E-state index is 0.0833. The fourth-order valence-corrected chi connectivity index (χ4v) is 4.40. The highest BCUT2D eigenvalue weighted by Gasteiger charge is 2.15. The maximum Gasteiger partial charge on any atom is 0.234 e. The summed E-state index contributed by atoms with van der Waals surface area (Å²) in [6, 6.07) is 16.1. The van der Waals surface area contributed by atoms with Crippen molar-refractivity contribution in [2.75, 3.05) is 11.1 Å². The summed E-state index contributed by atoms with van der Waals surface area (Å²) in [6.45, 7) is 6.16. The van der Waals surface area contributed by atoms with Crippen molar-refractivity contribution >= 4 is 34.5 Å². The van der Waals surface area contributed by atoms with Crippen molar-refractivity contribution in [3.63, 3.8) is 0 Å². The van der Waals surface area contributed by atoms with E-state index in [1.54, 1.807) is 0 Å². The van der Waals surface area contributed by atoms with Crippen molar-refractivity contribution < 1.29 is 4.79 Å². The molecule has 0 aliphatic heterocycles. The van der Waals surface area contributed by atoms with E-state index in [0.717, 1.165) is 28.0 Å². The zero-order chi connectivity index (χ0) is 22.2. The molecule has 0 aliphatic rings. The number of hydrogen-bond acceptors (Lipinski definition) is 5. The highest BCUT2D eigenvalue weighted by atomic mass is 32.2. The van der Waals surface area contributed by atoms with Gasteiger partial charge >= 0.3 is 0 Å². The predicted molar refractivity (Wildman–Crippen MR) is 127 cm³/mol. The number of fused-ring (bicyclic) bond motifs is 3. The van der Waals surface area contributed by atoms with Crippen LogP contribution in [-0.4, -0.2) is 35.9 Å². The number of nitrogens with zero attached hydrogens (tertiary/aromatic N) is 5. The molecule has 0 saturated heterocycles. The largest absolute Gasteiger partial charge is 0.325 e. The van der Waals surface area contributed by atoms with Crippen molar-refractivity contribution in [2.24, 2.45) is 0 Å². The molecule has 5 rings (SSSR count). The number of benzene rings is 2. The third-order valence-electron chi connectivity index (χ3n) is 5.29. The summed E-state index contributed by atoms with van der Waals surface area (Å²) in [6.07, 6.45) is 3.76. The van der Waals surface area contributed by atoms with Gasteiger partial charge in [0.1, 0.15) is 5.52 Å². The molecule has 2 aromatic carbocycles. The number of aryl methyl sites for hydroxylation is 3. The van der Waals surface area contributed by atoms with Gasteiger partial charge in [0.05, 0.1) is 11.4 Å². The Balaban J connectivity index is 1.40. The molecule has 0 fully saturated rings. The van der Waals surface area contributed by atoms with Crippen LogP contribution in [0.1, 0.15) is 16.7 Å². The standard InChI is InChI=1S/C24H22N6OS/c1-15-5-4-6-18(11-15)25-22(31)14-32-24-27-26-23-21-13-20(28-30(21)10-9-29(23)24)19-12-16(2)7-8-17(19)3/h4-13H,14H2,1-3H3,(H,25,31). The SMILES string of the molecule is Cc1cccc(NC(=O)CSc2nnc3c4cc(-c5cc(C)ccc5C)nn4ccn23)c1. The van der Waals surface area contributed by atoms with Crippen LogP contribution in [0.15, 0.2) is 66.1 Å². The summed E-state index contributed by atoms with van der Waals surface area (Å²) in [4.78, 5) is 12.4. The molecular formula is C24H22N6OS. The van der Waals surface area contributed by atoms with Gasteiger partial charge in [0.2, 0.25) is 5.91 Å². The van der Waals surface area contributed by atoms with E-state index in [1.165, 1.54) is 22.9 Å². The molecule has 0 atom stereocenters. The van der Waals surface area contributed by atoms with Gasteiger partial charge in [-0.1, -0.05) is 41.6 Å². The summed E-state index contributed by atoms with van der Waals surface area (Å²) in [5.41, 5.74) is 7.84. The van der Waals surface area contributed by atoms with Crippen molar-refractivity contribution in [3.05, 3.63) is 77.6 Å². The number of carbonyl (C=O) groups is 1. The Morgan fingerprint density at radius 3 is 2.69 bits per heavy atom. The smallest absolute Gasteiger partial charge is 0.234 e. The molecule has 7 nitrogen and oxygen atoms in total. The van der Waals surface area contributed by atoms with Crippen LogP contribution in [0.25, 0.3) is 22.4 Å². The number of hydrogen-bond donors (Lipinski definition) is 1. The molecule has 0 spiro atoms. The van der Waals surface area contributed by atoms with E-state index < -0.39 is 0 Å². The zero-order valence-corrected chi connectivity index (χ0v) is 18.8. The molecule has 160 valence electrons. The van der Waals surface area contributed by atoms with E-state index >= 15 is 0 Å². The molecule has 1 N–H and O–H groups in total. The van der Waals surface area contributed by atoms with Gasteiger partial charge in [-0.15, -0.1) is 10.2 Å². The highest BCUT2D eigenvalue weighted by Crippen LogP contribution is 2.27. The minimum Gasteiger partial charge on any atom is -0.325 e. The molecule has 32 heavy (non-hydrogen) atoms. The van der Waals surface area contributed by atoms with E-state index in [4.69, 9.17) is 5.10 Å². The second kappa shape index (κ2) is 8.12. The number of aromatic nitrogens is 5. The first kappa shape index (κ1) is 20.3. The van der Waals surface area contributed by atoms with Crippen LogP contribution < -0.4 is 5.32 Å². The summed E-state index contributed by atoms with van der Waals surface area (Å²) in [5, 5.41) is 17.0. The molecule has 3 heterocycles. The first-order valence-corrected chi connectivity index (χ1v) is 11.3. The molecule has 0 saturated carbocycles. The van der Waals surface area contributed by atoms with Gasteiger partial charge in [-0.3, -0.25) is 9.20 Å². The van der Waals surface area contributed by atoms with Gasteiger partial charge in [0.25, 0.3) is 0 Å². The number of carbonyl (C=O) groups excluding carboxylic acids is 1. The molecule has 0 aliphatic carbocycles. The van der Waals surface area contributed by atoms with E-state index in [0.29, 0.717) is 10.8 Å². The van der Waals surface area contributed by atoms with Gasteiger partial charge in [-0.2, -0.15) is 5.10 Å². The number of anilines is 1. The Morgan fingerprint density at radius 1 is 1.00 bits per heavy atom. The van der Waals surface area contributed by atoms with E-state index in [2.05, 4.69) is 47.6 Å². The van der Waals surface area contributed by atoms with Crippen molar-refractivity contribution in [2.45, 2.75) is 25.9 Å². The van der Waals surface area contributed by atoms with Gasteiger partial charge in [-0.25, -0.2) is 4.52 Å².